The average Bonchev–Trinajstić information content (AvgIpc) is 2.77. The van der Waals surface area contributed by atoms with Gasteiger partial charge in [-0.2, -0.15) is 0 Å². The Morgan fingerprint density at radius 1 is 1.00 bits per heavy atom. The fourth-order valence-corrected chi connectivity index (χ4v) is 3.55. The zero-order chi connectivity index (χ0) is 20.5. The molecule has 1 heterocycles. The quantitative estimate of drug-likeness (QED) is 0.745. The maximum atomic E-state index is 12.4. The van der Waals surface area contributed by atoms with E-state index in [1.807, 2.05) is 17.0 Å². The van der Waals surface area contributed by atoms with Crippen LogP contribution >= 0.6 is 0 Å². The predicted molar refractivity (Wildman–Crippen MR) is 111 cm³/mol. The number of likely N-dealkylation sites (tertiary alicyclic amines) is 1. The van der Waals surface area contributed by atoms with Crippen LogP contribution in [0, 0.1) is 5.92 Å². The van der Waals surface area contributed by atoms with Gasteiger partial charge in [-0.15, -0.1) is 0 Å². The summed E-state index contributed by atoms with van der Waals surface area (Å²) in [6, 6.07) is 17.6. The van der Waals surface area contributed by atoms with Crippen molar-refractivity contribution < 1.29 is 19.1 Å². The smallest absolute Gasteiger partial charge is 0.258 e. The number of rotatable bonds is 8. The van der Waals surface area contributed by atoms with Crippen LogP contribution < -0.4 is 14.8 Å². The van der Waals surface area contributed by atoms with Crippen molar-refractivity contribution in [3.63, 3.8) is 0 Å². The van der Waals surface area contributed by atoms with Gasteiger partial charge in [-0.25, -0.2) is 0 Å². The van der Waals surface area contributed by atoms with Crippen molar-refractivity contribution in [1.82, 2.24) is 10.2 Å². The van der Waals surface area contributed by atoms with Gasteiger partial charge in [0.2, 0.25) is 5.91 Å². The minimum absolute atomic E-state index is 0.00251. The first kappa shape index (κ1) is 20.7. The van der Waals surface area contributed by atoms with Crippen LogP contribution in [0.5, 0.6) is 11.5 Å². The second kappa shape index (κ2) is 10.5. The molecule has 2 aromatic rings. The number of para-hydroxylation sites is 2. The van der Waals surface area contributed by atoms with Crippen molar-refractivity contribution >= 4 is 11.8 Å². The fraction of sp³-hybridized carbons (Fsp3) is 0.391. The van der Waals surface area contributed by atoms with E-state index in [-0.39, 0.29) is 25.0 Å². The molecule has 154 valence electrons. The van der Waals surface area contributed by atoms with Gasteiger partial charge in [-0.3, -0.25) is 9.59 Å². The second-order valence-corrected chi connectivity index (χ2v) is 7.23. The van der Waals surface area contributed by atoms with Gasteiger partial charge in [0.1, 0.15) is 0 Å². The topological polar surface area (TPSA) is 67.9 Å². The van der Waals surface area contributed by atoms with Gasteiger partial charge in [-0.05, 0) is 42.9 Å². The Bertz CT molecular complexity index is 802. The molecule has 1 N–H and O–H groups in total. The minimum atomic E-state index is -0.330. The molecular weight excluding hydrogens is 368 g/mol. The van der Waals surface area contributed by atoms with E-state index in [1.165, 1.54) is 5.56 Å². The lowest BCUT2D eigenvalue weighted by Gasteiger charge is -2.32. The number of benzene rings is 2. The van der Waals surface area contributed by atoms with E-state index in [0.717, 1.165) is 32.4 Å². The molecular formula is C23H28N2O4. The van der Waals surface area contributed by atoms with E-state index in [1.54, 1.807) is 25.3 Å². The van der Waals surface area contributed by atoms with Crippen LogP contribution in [-0.2, 0) is 16.0 Å². The number of amides is 2. The summed E-state index contributed by atoms with van der Waals surface area (Å²) in [5.41, 5.74) is 1.35. The number of ether oxygens (including phenoxy) is 2. The zero-order valence-electron chi connectivity index (χ0n) is 16.8. The lowest BCUT2D eigenvalue weighted by atomic mass is 9.90. The predicted octanol–water partition coefficient (Wildman–Crippen LogP) is 2.67. The number of methoxy groups -OCH3 is 1. The van der Waals surface area contributed by atoms with E-state index in [2.05, 4.69) is 29.6 Å². The molecule has 2 aromatic carbocycles. The normalized spacial score (nSPS) is 14.3. The molecule has 0 saturated carbocycles. The summed E-state index contributed by atoms with van der Waals surface area (Å²) in [4.78, 5) is 26.2. The van der Waals surface area contributed by atoms with Gasteiger partial charge in [0.15, 0.2) is 18.1 Å². The van der Waals surface area contributed by atoms with E-state index in [0.29, 0.717) is 17.4 Å². The molecule has 3 rings (SSSR count). The molecule has 1 aliphatic heterocycles. The summed E-state index contributed by atoms with van der Waals surface area (Å²) < 4.78 is 10.7. The summed E-state index contributed by atoms with van der Waals surface area (Å²) in [6.07, 6.45) is 3.04. The van der Waals surface area contributed by atoms with Crippen LogP contribution in [0.15, 0.2) is 54.6 Å². The molecule has 0 unspecified atom stereocenters. The zero-order valence-corrected chi connectivity index (χ0v) is 16.8. The number of piperidine rings is 1. The molecule has 6 nitrogen and oxygen atoms in total. The van der Waals surface area contributed by atoms with Crippen molar-refractivity contribution in [2.45, 2.75) is 19.3 Å². The van der Waals surface area contributed by atoms with Crippen LogP contribution in [0.25, 0.3) is 0 Å². The Morgan fingerprint density at radius 2 is 1.66 bits per heavy atom. The number of carbonyl (C=O) groups excluding carboxylic acids is 2. The van der Waals surface area contributed by atoms with Gasteiger partial charge < -0.3 is 19.7 Å². The lowest BCUT2D eigenvalue weighted by molar-refractivity contribution is -0.134. The Balaban J connectivity index is 1.36. The lowest BCUT2D eigenvalue weighted by Crippen LogP contribution is -2.45. The number of hydrogen-bond acceptors (Lipinski definition) is 4. The summed E-state index contributed by atoms with van der Waals surface area (Å²) in [5, 5.41) is 2.64. The second-order valence-electron chi connectivity index (χ2n) is 7.23. The van der Waals surface area contributed by atoms with Crippen LogP contribution in [0.4, 0.5) is 0 Å². The average molecular weight is 396 g/mol. The molecule has 0 spiro atoms. The third-order valence-corrected chi connectivity index (χ3v) is 5.20. The van der Waals surface area contributed by atoms with E-state index in [4.69, 9.17) is 9.47 Å². The third kappa shape index (κ3) is 6.24. The van der Waals surface area contributed by atoms with Gasteiger partial charge >= 0.3 is 0 Å². The summed E-state index contributed by atoms with van der Waals surface area (Å²) in [5.74, 6) is 1.29. The number of nitrogens with zero attached hydrogens (tertiary/aromatic N) is 1. The Morgan fingerprint density at radius 3 is 2.34 bits per heavy atom. The molecule has 1 aliphatic rings. The first-order chi connectivity index (χ1) is 14.2. The standard InChI is InChI=1S/C23H28N2O4/c1-28-20-9-5-6-10-21(20)29-17-22(26)24-16-23(27)25-13-11-19(12-14-25)15-18-7-3-2-4-8-18/h2-10,19H,11-17H2,1H3,(H,24,26). The number of nitrogens with one attached hydrogen (secondary N) is 1. The van der Waals surface area contributed by atoms with Crippen LogP contribution in [-0.4, -0.2) is 50.1 Å². The highest BCUT2D eigenvalue weighted by Gasteiger charge is 2.23. The van der Waals surface area contributed by atoms with Gasteiger partial charge in [-0.1, -0.05) is 42.5 Å². The molecule has 6 heteroatoms. The maximum absolute atomic E-state index is 12.4. The van der Waals surface area contributed by atoms with Crippen molar-refractivity contribution in [2.24, 2.45) is 5.92 Å². The fourth-order valence-electron chi connectivity index (χ4n) is 3.55. The molecule has 1 fully saturated rings. The highest BCUT2D eigenvalue weighted by molar-refractivity contribution is 5.85. The van der Waals surface area contributed by atoms with Crippen LogP contribution in [0.3, 0.4) is 0 Å². The molecule has 0 aliphatic carbocycles. The first-order valence-corrected chi connectivity index (χ1v) is 10.00. The SMILES string of the molecule is COc1ccccc1OCC(=O)NCC(=O)N1CCC(Cc2ccccc2)CC1. The van der Waals surface area contributed by atoms with E-state index >= 15 is 0 Å². The summed E-state index contributed by atoms with van der Waals surface area (Å²) in [7, 11) is 1.55. The van der Waals surface area contributed by atoms with Crippen molar-refractivity contribution in [3.05, 3.63) is 60.2 Å². The molecule has 0 bridgehead atoms. The summed E-state index contributed by atoms with van der Waals surface area (Å²) in [6.45, 7) is 1.32. The van der Waals surface area contributed by atoms with Crippen molar-refractivity contribution in [1.29, 1.82) is 0 Å². The van der Waals surface area contributed by atoms with Crippen LogP contribution in [0.1, 0.15) is 18.4 Å². The van der Waals surface area contributed by atoms with Crippen LogP contribution in [0.2, 0.25) is 0 Å². The third-order valence-electron chi connectivity index (χ3n) is 5.20. The highest BCUT2D eigenvalue weighted by Crippen LogP contribution is 2.25. The molecule has 0 radical (unpaired) electrons. The van der Waals surface area contributed by atoms with E-state index in [9.17, 15) is 9.59 Å². The Hall–Kier alpha value is -3.02. The Labute approximate surface area is 171 Å². The molecule has 2 amide bonds. The van der Waals surface area contributed by atoms with Gasteiger partial charge in [0.25, 0.3) is 5.91 Å². The molecule has 1 saturated heterocycles. The molecule has 0 aromatic heterocycles. The molecule has 0 atom stereocenters. The monoisotopic (exact) mass is 396 g/mol. The van der Waals surface area contributed by atoms with Gasteiger partial charge in [0.05, 0.1) is 13.7 Å². The number of carbonyl (C=O) groups is 2. The Kier molecular flexibility index (Phi) is 7.50. The minimum Gasteiger partial charge on any atom is -0.493 e. The summed E-state index contributed by atoms with van der Waals surface area (Å²) >= 11 is 0. The first-order valence-electron chi connectivity index (χ1n) is 10.00. The molecule has 29 heavy (non-hydrogen) atoms. The largest absolute Gasteiger partial charge is 0.493 e. The van der Waals surface area contributed by atoms with Crippen molar-refractivity contribution in [3.8, 4) is 11.5 Å². The van der Waals surface area contributed by atoms with Gasteiger partial charge in [0, 0.05) is 13.1 Å². The maximum Gasteiger partial charge on any atom is 0.258 e. The van der Waals surface area contributed by atoms with Crippen molar-refractivity contribution in [2.75, 3.05) is 33.4 Å². The van der Waals surface area contributed by atoms with E-state index < -0.39 is 0 Å². The highest BCUT2D eigenvalue weighted by atomic mass is 16.5. The number of hydrogen-bond donors (Lipinski definition) is 1.